The molecule has 0 unspecified atom stereocenters. The van der Waals surface area contributed by atoms with Crippen molar-refractivity contribution < 1.29 is 4.74 Å². The molecule has 0 atom stereocenters. The van der Waals surface area contributed by atoms with Gasteiger partial charge in [-0.15, -0.1) is 0 Å². The molecule has 9 heteroatoms. The van der Waals surface area contributed by atoms with Crippen LogP contribution in [0.4, 0.5) is 5.82 Å². The zero-order valence-corrected chi connectivity index (χ0v) is 19.3. The third-order valence-corrected chi connectivity index (χ3v) is 6.52. The number of aromatic amines is 2. The number of nitrogens with zero attached hydrogens (tertiary/aromatic N) is 4. The number of fused-ring (bicyclic) bond motifs is 2. The Morgan fingerprint density at radius 2 is 1.91 bits per heavy atom. The Hall–Kier alpha value is -3.95. The number of rotatable bonds is 7. The Bertz CT molecular complexity index is 1520. The first-order valence-electron chi connectivity index (χ1n) is 11.9. The summed E-state index contributed by atoms with van der Waals surface area (Å²) in [4.78, 5) is 30.8. The van der Waals surface area contributed by atoms with Crippen molar-refractivity contribution in [1.29, 1.82) is 0 Å². The quantitative estimate of drug-likeness (QED) is 0.316. The molecule has 5 aromatic rings. The smallest absolute Gasteiger partial charge is 0.332 e. The molecule has 9 nitrogen and oxygen atoms in total. The molecule has 0 spiro atoms. The van der Waals surface area contributed by atoms with E-state index in [1.54, 1.807) is 17.1 Å². The lowest BCUT2D eigenvalue weighted by Gasteiger charge is -2.26. The summed E-state index contributed by atoms with van der Waals surface area (Å²) in [5.41, 5.74) is 4.91. The number of H-pyrrole nitrogens is 2. The summed E-state index contributed by atoms with van der Waals surface area (Å²) >= 11 is 0. The SMILES string of the molecule is O=c1[nH]c(NCCCN2CCOCC2)c(-c2ccnc3ccccc23)n1-c1ccc2nc[nH]c2c1. The first kappa shape index (κ1) is 21.6. The number of hydrogen-bond acceptors (Lipinski definition) is 6. The normalized spacial score (nSPS) is 14.6. The maximum atomic E-state index is 13.3. The van der Waals surface area contributed by atoms with E-state index in [-0.39, 0.29) is 5.69 Å². The Labute approximate surface area is 201 Å². The molecule has 6 rings (SSSR count). The first-order chi connectivity index (χ1) is 17.3. The lowest BCUT2D eigenvalue weighted by Crippen LogP contribution is -2.37. The number of pyridine rings is 1. The molecular formula is C26H27N7O2. The number of para-hydroxylation sites is 1. The molecule has 1 saturated heterocycles. The highest BCUT2D eigenvalue weighted by molar-refractivity contribution is 5.96. The minimum atomic E-state index is -0.199. The van der Waals surface area contributed by atoms with E-state index in [4.69, 9.17) is 4.74 Å². The summed E-state index contributed by atoms with van der Waals surface area (Å²) in [6, 6.07) is 15.8. The van der Waals surface area contributed by atoms with Crippen LogP contribution >= 0.6 is 0 Å². The Balaban J connectivity index is 1.40. The summed E-state index contributed by atoms with van der Waals surface area (Å²) in [7, 11) is 0. The molecule has 0 amide bonds. The van der Waals surface area contributed by atoms with Gasteiger partial charge in [-0.3, -0.25) is 19.4 Å². The predicted molar refractivity (Wildman–Crippen MR) is 137 cm³/mol. The van der Waals surface area contributed by atoms with Gasteiger partial charge in [-0.1, -0.05) is 18.2 Å². The summed E-state index contributed by atoms with van der Waals surface area (Å²) in [5.74, 6) is 0.707. The number of ether oxygens (including phenoxy) is 1. The van der Waals surface area contributed by atoms with Gasteiger partial charge in [0.25, 0.3) is 0 Å². The van der Waals surface area contributed by atoms with E-state index in [1.165, 1.54) is 0 Å². The van der Waals surface area contributed by atoms with Crippen LogP contribution in [-0.4, -0.2) is 68.8 Å². The zero-order chi connectivity index (χ0) is 23.6. The van der Waals surface area contributed by atoms with E-state index in [9.17, 15) is 4.79 Å². The van der Waals surface area contributed by atoms with Gasteiger partial charge >= 0.3 is 5.69 Å². The maximum Gasteiger partial charge on any atom is 0.332 e. The van der Waals surface area contributed by atoms with Crippen LogP contribution in [0.5, 0.6) is 0 Å². The minimum absolute atomic E-state index is 0.199. The molecule has 2 aromatic carbocycles. The van der Waals surface area contributed by atoms with E-state index in [0.29, 0.717) is 5.82 Å². The second-order valence-corrected chi connectivity index (χ2v) is 8.70. The average Bonchev–Trinajstić information content (AvgIpc) is 3.50. The van der Waals surface area contributed by atoms with Crippen LogP contribution in [0.15, 0.2) is 65.8 Å². The van der Waals surface area contributed by atoms with E-state index in [1.807, 2.05) is 48.5 Å². The summed E-state index contributed by atoms with van der Waals surface area (Å²) in [5, 5.41) is 4.49. The van der Waals surface area contributed by atoms with Crippen LogP contribution in [0.3, 0.4) is 0 Å². The van der Waals surface area contributed by atoms with E-state index in [0.717, 1.165) is 84.7 Å². The molecule has 0 radical (unpaired) electrons. The van der Waals surface area contributed by atoms with Crippen molar-refractivity contribution in [3.8, 4) is 16.9 Å². The fraction of sp³-hybridized carbons (Fsp3) is 0.269. The highest BCUT2D eigenvalue weighted by Gasteiger charge is 2.20. The molecule has 3 N–H and O–H groups in total. The summed E-state index contributed by atoms with van der Waals surface area (Å²) in [6.45, 7) is 5.26. The van der Waals surface area contributed by atoms with Gasteiger partial charge in [-0.25, -0.2) is 9.78 Å². The number of imidazole rings is 2. The predicted octanol–water partition coefficient (Wildman–Crippen LogP) is 3.39. The van der Waals surface area contributed by atoms with Crippen molar-refractivity contribution in [1.82, 2.24) is 29.4 Å². The average molecular weight is 470 g/mol. The van der Waals surface area contributed by atoms with Gasteiger partial charge in [0.1, 0.15) is 5.82 Å². The maximum absolute atomic E-state index is 13.3. The Kier molecular flexibility index (Phi) is 5.77. The Morgan fingerprint density at radius 1 is 1.03 bits per heavy atom. The van der Waals surface area contributed by atoms with Crippen molar-refractivity contribution in [2.45, 2.75) is 6.42 Å². The third-order valence-electron chi connectivity index (χ3n) is 6.52. The largest absolute Gasteiger partial charge is 0.379 e. The van der Waals surface area contributed by atoms with Gasteiger partial charge in [0.15, 0.2) is 0 Å². The van der Waals surface area contributed by atoms with Gasteiger partial charge in [0, 0.05) is 36.8 Å². The third kappa shape index (κ3) is 4.20. The number of aromatic nitrogens is 5. The van der Waals surface area contributed by atoms with Crippen molar-refractivity contribution in [3.05, 3.63) is 71.5 Å². The lowest BCUT2D eigenvalue weighted by atomic mass is 10.1. The van der Waals surface area contributed by atoms with Crippen molar-refractivity contribution >= 4 is 27.8 Å². The van der Waals surface area contributed by atoms with Gasteiger partial charge in [0.05, 0.1) is 47.5 Å². The number of nitrogens with one attached hydrogen (secondary N) is 3. The second-order valence-electron chi connectivity index (χ2n) is 8.70. The fourth-order valence-electron chi connectivity index (χ4n) is 4.77. The number of benzene rings is 2. The molecule has 0 saturated carbocycles. The van der Waals surface area contributed by atoms with Gasteiger partial charge in [-0.05, 0) is 43.3 Å². The van der Waals surface area contributed by atoms with Crippen LogP contribution in [0.2, 0.25) is 0 Å². The highest BCUT2D eigenvalue weighted by Crippen LogP contribution is 2.33. The van der Waals surface area contributed by atoms with Crippen molar-refractivity contribution in [2.75, 3.05) is 44.7 Å². The van der Waals surface area contributed by atoms with Crippen LogP contribution in [-0.2, 0) is 4.74 Å². The number of morpholine rings is 1. The minimum Gasteiger partial charge on any atom is -0.379 e. The van der Waals surface area contributed by atoms with Crippen LogP contribution in [0.25, 0.3) is 38.9 Å². The van der Waals surface area contributed by atoms with E-state index < -0.39 is 0 Å². The van der Waals surface area contributed by atoms with Gasteiger partial charge < -0.3 is 15.0 Å². The number of hydrogen-bond donors (Lipinski definition) is 3. The fourth-order valence-corrected chi connectivity index (χ4v) is 4.77. The van der Waals surface area contributed by atoms with Crippen LogP contribution < -0.4 is 11.0 Å². The molecule has 1 aliphatic heterocycles. The molecular weight excluding hydrogens is 442 g/mol. The topological polar surface area (TPSA) is 104 Å². The molecule has 0 aliphatic carbocycles. The summed E-state index contributed by atoms with van der Waals surface area (Å²) < 4.78 is 7.17. The zero-order valence-electron chi connectivity index (χ0n) is 19.3. The lowest BCUT2D eigenvalue weighted by molar-refractivity contribution is 0.0378. The van der Waals surface area contributed by atoms with Crippen molar-refractivity contribution in [3.63, 3.8) is 0 Å². The number of anilines is 1. The summed E-state index contributed by atoms with van der Waals surface area (Å²) in [6.07, 6.45) is 4.41. The van der Waals surface area contributed by atoms with Crippen LogP contribution in [0.1, 0.15) is 6.42 Å². The van der Waals surface area contributed by atoms with Gasteiger partial charge in [-0.2, -0.15) is 0 Å². The molecule has 1 fully saturated rings. The van der Waals surface area contributed by atoms with Crippen LogP contribution in [0, 0.1) is 0 Å². The molecule has 4 heterocycles. The molecule has 3 aromatic heterocycles. The van der Waals surface area contributed by atoms with Crippen molar-refractivity contribution in [2.24, 2.45) is 0 Å². The first-order valence-corrected chi connectivity index (χ1v) is 11.9. The molecule has 35 heavy (non-hydrogen) atoms. The van der Waals surface area contributed by atoms with Gasteiger partial charge in [0.2, 0.25) is 0 Å². The Morgan fingerprint density at radius 3 is 2.83 bits per heavy atom. The monoisotopic (exact) mass is 469 g/mol. The van der Waals surface area contributed by atoms with E-state index >= 15 is 0 Å². The highest BCUT2D eigenvalue weighted by atomic mass is 16.5. The second kappa shape index (κ2) is 9.36. The molecule has 0 bridgehead atoms. The molecule has 178 valence electrons. The molecule has 1 aliphatic rings. The standard InChI is InChI=1S/C26H27N7O2/c34-26-31-25(28-9-3-11-32-12-14-35-15-13-32)24(20-8-10-27-21-5-2-1-4-19(20)21)33(26)18-6-7-22-23(16-18)30-17-29-22/h1-2,4-8,10,16-17,28H,3,9,11-15H2,(H,29,30)(H,31,34). The van der Waals surface area contributed by atoms with E-state index in [2.05, 4.69) is 30.2 Å².